The van der Waals surface area contributed by atoms with Crippen molar-refractivity contribution in [1.29, 1.82) is 0 Å². The van der Waals surface area contributed by atoms with E-state index in [1.807, 2.05) is 44.2 Å². The summed E-state index contributed by atoms with van der Waals surface area (Å²) >= 11 is 0. The van der Waals surface area contributed by atoms with Crippen molar-refractivity contribution in [3.05, 3.63) is 58.7 Å². The summed E-state index contributed by atoms with van der Waals surface area (Å²) in [5, 5.41) is 2.79. The fraction of sp³-hybridized carbons (Fsp3) is 0.300. The quantitative estimate of drug-likeness (QED) is 0.932. The number of amides is 2. The number of carbonyl (C=O) groups is 2. The van der Waals surface area contributed by atoms with Gasteiger partial charge in [-0.25, -0.2) is 0 Å². The lowest BCUT2D eigenvalue weighted by atomic mass is 10.0. The SMILES string of the molecule is COc1ccc(CN2C(=O)[C@@H](NC(C)=O)c3cc(C)cc(C)c32)cc1. The molecule has 0 unspecified atom stereocenters. The minimum Gasteiger partial charge on any atom is -0.497 e. The molecule has 5 nitrogen and oxygen atoms in total. The van der Waals surface area contributed by atoms with E-state index in [-0.39, 0.29) is 11.8 Å². The number of anilines is 1. The zero-order valence-electron chi connectivity index (χ0n) is 14.9. The smallest absolute Gasteiger partial charge is 0.254 e. The number of benzene rings is 2. The van der Waals surface area contributed by atoms with Crippen LogP contribution in [0.1, 0.15) is 35.2 Å². The van der Waals surface area contributed by atoms with E-state index in [9.17, 15) is 9.59 Å². The number of rotatable bonds is 4. The number of nitrogens with zero attached hydrogens (tertiary/aromatic N) is 1. The maximum Gasteiger partial charge on any atom is 0.254 e. The van der Waals surface area contributed by atoms with E-state index in [1.54, 1.807) is 12.0 Å². The van der Waals surface area contributed by atoms with Gasteiger partial charge in [0, 0.05) is 12.5 Å². The highest BCUT2D eigenvalue weighted by molar-refractivity contribution is 6.06. The first-order valence-corrected chi connectivity index (χ1v) is 8.23. The van der Waals surface area contributed by atoms with E-state index in [4.69, 9.17) is 4.74 Å². The molecule has 3 rings (SSSR count). The van der Waals surface area contributed by atoms with Gasteiger partial charge in [0.25, 0.3) is 5.91 Å². The number of ether oxygens (including phenoxy) is 1. The molecule has 2 amide bonds. The van der Waals surface area contributed by atoms with Crippen molar-refractivity contribution < 1.29 is 14.3 Å². The molecule has 0 bridgehead atoms. The van der Waals surface area contributed by atoms with Crippen LogP contribution < -0.4 is 15.0 Å². The van der Waals surface area contributed by atoms with Crippen LogP contribution in [0.2, 0.25) is 0 Å². The van der Waals surface area contributed by atoms with Crippen LogP contribution in [0.15, 0.2) is 36.4 Å². The molecular weight excluding hydrogens is 316 g/mol. The van der Waals surface area contributed by atoms with Crippen molar-refractivity contribution in [2.45, 2.75) is 33.4 Å². The Morgan fingerprint density at radius 2 is 1.88 bits per heavy atom. The zero-order chi connectivity index (χ0) is 18.1. The third kappa shape index (κ3) is 3.22. The molecule has 0 aliphatic carbocycles. The summed E-state index contributed by atoms with van der Waals surface area (Å²) in [4.78, 5) is 26.3. The second-order valence-electron chi connectivity index (χ2n) is 6.43. The third-order valence-electron chi connectivity index (χ3n) is 4.42. The predicted octanol–water partition coefficient (Wildman–Crippen LogP) is 3.04. The number of hydrogen-bond acceptors (Lipinski definition) is 3. The van der Waals surface area contributed by atoms with Gasteiger partial charge in [-0.2, -0.15) is 0 Å². The van der Waals surface area contributed by atoms with Crippen LogP contribution in [0.25, 0.3) is 0 Å². The number of carbonyl (C=O) groups excluding carboxylic acids is 2. The molecule has 0 saturated heterocycles. The first-order chi connectivity index (χ1) is 11.9. The first kappa shape index (κ1) is 17.0. The van der Waals surface area contributed by atoms with Crippen molar-refractivity contribution in [3.8, 4) is 5.75 Å². The average molecular weight is 338 g/mol. The van der Waals surface area contributed by atoms with Gasteiger partial charge >= 0.3 is 0 Å². The van der Waals surface area contributed by atoms with Crippen LogP contribution in [0.5, 0.6) is 5.75 Å². The molecule has 0 spiro atoms. The summed E-state index contributed by atoms with van der Waals surface area (Å²) in [6.45, 7) is 5.88. The molecule has 1 heterocycles. The molecule has 1 aliphatic heterocycles. The molecule has 0 radical (unpaired) electrons. The Labute approximate surface area is 147 Å². The summed E-state index contributed by atoms with van der Waals surface area (Å²) in [7, 11) is 1.62. The summed E-state index contributed by atoms with van der Waals surface area (Å²) < 4.78 is 5.18. The number of fused-ring (bicyclic) bond motifs is 1. The van der Waals surface area contributed by atoms with E-state index >= 15 is 0 Å². The van der Waals surface area contributed by atoms with E-state index in [2.05, 4.69) is 11.4 Å². The molecule has 1 N–H and O–H groups in total. The van der Waals surface area contributed by atoms with Crippen LogP contribution >= 0.6 is 0 Å². The Hall–Kier alpha value is -2.82. The molecule has 130 valence electrons. The van der Waals surface area contributed by atoms with Gasteiger partial charge in [0.05, 0.1) is 19.3 Å². The fourth-order valence-electron chi connectivity index (χ4n) is 3.39. The van der Waals surface area contributed by atoms with Gasteiger partial charge in [-0.1, -0.05) is 29.8 Å². The Morgan fingerprint density at radius 1 is 1.20 bits per heavy atom. The standard InChI is InChI=1S/C20H22N2O3/c1-12-9-13(2)19-17(10-12)18(21-14(3)23)20(24)22(19)11-15-5-7-16(25-4)8-6-15/h5-10,18H,11H2,1-4H3,(H,21,23)/t18-/m0/s1. The van der Waals surface area contributed by atoms with Gasteiger partial charge in [0.1, 0.15) is 11.8 Å². The minimum absolute atomic E-state index is 0.102. The monoisotopic (exact) mass is 338 g/mol. The topological polar surface area (TPSA) is 58.6 Å². The van der Waals surface area contributed by atoms with Gasteiger partial charge in [0.2, 0.25) is 5.91 Å². The normalized spacial score (nSPS) is 15.9. The lowest BCUT2D eigenvalue weighted by molar-refractivity contribution is -0.126. The Bertz CT molecular complexity index is 828. The molecule has 1 atom stereocenters. The van der Waals surface area contributed by atoms with Crippen LogP contribution in [0.3, 0.4) is 0 Å². The van der Waals surface area contributed by atoms with Crippen molar-refractivity contribution in [3.63, 3.8) is 0 Å². The van der Waals surface area contributed by atoms with E-state index < -0.39 is 6.04 Å². The molecule has 2 aromatic carbocycles. The second kappa shape index (κ2) is 6.59. The third-order valence-corrected chi connectivity index (χ3v) is 4.42. The summed E-state index contributed by atoms with van der Waals surface area (Å²) in [5.41, 5.74) is 4.87. The maximum atomic E-state index is 13.0. The molecular formula is C20H22N2O3. The molecule has 5 heteroatoms. The van der Waals surface area contributed by atoms with Crippen molar-refractivity contribution in [1.82, 2.24) is 5.32 Å². The van der Waals surface area contributed by atoms with E-state index in [0.29, 0.717) is 6.54 Å². The molecule has 0 saturated carbocycles. The Morgan fingerprint density at radius 3 is 2.48 bits per heavy atom. The van der Waals surface area contributed by atoms with Crippen LogP contribution in [-0.2, 0) is 16.1 Å². The summed E-state index contributed by atoms with van der Waals surface area (Å²) in [6, 6.07) is 11.1. The Balaban J connectivity index is 1.99. The number of aryl methyl sites for hydroxylation is 2. The van der Waals surface area contributed by atoms with Crippen molar-refractivity contribution in [2.75, 3.05) is 12.0 Å². The maximum absolute atomic E-state index is 13.0. The van der Waals surface area contributed by atoms with Crippen LogP contribution in [0.4, 0.5) is 5.69 Å². The lowest BCUT2D eigenvalue weighted by Crippen LogP contribution is -2.36. The van der Waals surface area contributed by atoms with Crippen molar-refractivity contribution >= 4 is 17.5 Å². The fourth-order valence-corrected chi connectivity index (χ4v) is 3.39. The Kier molecular flexibility index (Phi) is 4.49. The van der Waals surface area contributed by atoms with E-state index in [1.165, 1.54) is 6.92 Å². The first-order valence-electron chi connectivity index (χ1n) is 8.23. The largest absolute Gasteiger partial charge is 0.497 e. The highest BCUT2D eigenvalue weighted by atomic mass is 16.5. The second-order valence-corrected chi connectivity index (χ2v) is 6.43. The van der Waals surface area contributed by atoms with Gasteiger partial charge in [-0.15, -0.1) is 0 Å². The lowest BCUT2D eigenvalue weighted by Gasteiger charge is -2.20. The van der Waals surface area contributed by atoms with Gasteiger partial charge < -0.3 is 15.0 Å². The number of methoxy groups -OCH3 is 1. The highest BCUT2D eigenvalue weighted by Gasteiger charge is 2.38. The number of nitrogens with one attached hydrogen (secondary N) is 1. The molecule has 0 aromatic heterocycles. The molecule has 2 aromatic rings. The van der Waals surface area contributed by atoms with Crippen LogP contribution in [-0.4, -0.2) is 18.9 Å². The average Bonchev–Trinajstić information content (AvgIpc) is 2.81. The molecule has 1 aliphatic rings. The summed E-state index contributed by atoms with van der Waals surface area (Å²) in [6.07, 6.45) is 0. The van der Waals surface area contributed by atoms with Gasteiger partial charge in [0.15, 0.2) is 0 Å². The summed E-state index contributed by atoms with van der Waals surface area (Å²) in [5.74, 6) is 0.462. The minimum atomic E-state index is -0.621. The van der Waals surface area contributed by atoms with Gasteiger partial charge in [-0.3, -0.25) is 9.59 Å². The molecule has 25 heavy (non-hydrogen) atoms. The van der Waals surface area contributed by atoms with E-state index in [0.717, 1.165) is 33.7 Å². The number of hydrogen-bond donors (Lipinski definition) is 1. The van der Waals surface area contributed by atoms with Crippen LogP contribution in [0, 0.1) is 13.8 Å². The van der Waals surface area contributed by atoms with Gasteiger partial charge in [-0.05, 0) is 37.1 Å². The zero-order valence-corrected chi connectivity index (χ0v) is 14.9. The molecule has 0 fully saturated rings. The highest BCUT2D eigenvalue weighted by Crippen LogP contribution is 2.40. The predicted molar refractivity (Wildman–Crippen MR) is 96.7 cm³/mol. The van der Waals surface area contributed by atoms with Crippen molar-refractivity contribution in [2.24, 2.45) is 0 Å².